The molecule has 3 atom stereocenters. The van der Waals surface area contributed by atoms with Crippen LogP contribution in [-0.4, -0.2) is 34.7 Å². The number of nitrogens with zero attached hydrogens (tertiary/aromatic N) is 1. The highest BCUT2D eigenvalue weighted by Crippen LogP contribution is 2.18. The quantitative estimate of drug-likeness (QED) is 0.261. The molecule has 0 N–H and O–H groups in total. The van der Waals surface area contributed by atoms with E-state index in [2.05, 4.69) is 28.9 Å². The summed E-state index contributed by atoms with van der Waals surface area (Å²) in [5, 5.41) is 1.49. The maximum absolute atomic E-state index is 12.5. The van der Waals surface area contributed by atoms with Gasteiger partial charge in [0.15, 0.2) is 6.29 Å². The van der Waals surface area contributed by atoms with Crippen LogP contribution in [0.5, 0.6) is 0 Å². The van der Waals surface area contributed by atoms with E-state index in [4.69, 9.17) is 9.57 Å². The minimum Gasteiger partial charge on any atom is -0.350 e. The number of ether oxygens (including phenoxy) is 1. The molecule has 0 aromatic heterocycles. The third-order valence-corrected chi connectivity index (χ3v) is 3.94. The van der Waals surface area contributed by atoms with Crippen LogP contribution < -0.4 is 0 Å². The second-order valence-corrected chi connectivity index (χ2v) is 7.57. The first-order valence-electron chi connectivity index (χ1n) is 8.56. The molecule has 1 fully saturated rings. The van der Waals surface area contributed by atoms with E-state index in [1.807, 2.05) is 26.8 Å². The van der Waals surface area contributed by atoms with E-state index >= 15 is 0 Å². The molecule has 0 aromatic rings. The van der Waals surface area contributed by atoms with Crippen LogP contribution in [-0.2, 0) is 14.4 Å². The van der Waals surface area contributed by atoms with Crippen LogP contribution in [0, 0.1) is 0 Å². The summed E-state index contributed by atoms with van der Waals surface area (Å²) in [5.74, 6) is -0.130. The number of carbonyl (C=O) groups is 1. The van der Waals surface area contributed by atoms with Gasteiger partial charge < -0.3 is 4.74 Å². The largest absolute Gasteiger partial charge is 0.350 e. The highest BCUT2D eigenvalue weighted by molar-refractivity contribution is 9.09. The minimum absolute atomic E-state index is 0.0297. The van der Waals surface area contributed by atoms with Crippen molar-refractivity contribution in [2.75, 3.05) is 6.61 Å². The number of carbonyl (C=O) groups excluding carboxylic acids is 1. The standard InChI is InChI=1S/C18H30BrNO3/c1-5-8-16(4)20(23-18-9-6-7-12-22-18)17(21)11-10-14(2)13-15(3)19/h10-11,13,15-16,18H,5-9,12H2,1-4H3/b11-10+,14-13+. The number of hydroxylamine groups is 2. The van der Waals surface area contributed by atoms with E-state index in [0.717, 1.165) is 37.7 Å². The summed E-state index contributed by atoms with van der Waals surface area (Å²) in [5.41, 5.74) is 1.04. The lowest BCUT2D eigenvalue weighted by Crippen LogP contribution is -2.42. The molecule has 3 unspecified atom stereocenters. The summed E-state index contributed by atoms with van der Waals surface area (Å²) in [6.45, 7) is 8.85. The van der Waals surface area contributed by atoms with Gasteiger partial charge in [-0.1, -0.05) is 47.0 Å². The molecule has 1 rings (SSSR count). The number of amides is 1. The molecule has 132 valence electrons. The molecular formula is C18H30BrNO3. The molecule has 4 nitrogen and oxygen atoms in total. The Hall–Kier alpha value is -0.650. The number of allylic oxidation sites excluding steroid dienone is 3. The van der Waals surface area contributed by atoms with Gasteiger partial charge in [0.05, 0.1) is 6.04 Å². The van der Waals surface area contributed by atoms with Crippen molar-refractivity contribution in [3.63, 3.8) is 0 Å². The van der Waals surface area contributed by atoms with Crippen molar-refractivity contribution in [1.29, 1.82) is 0 Å². The summed E-state index contributed by atoms with van der Waals surface area (Å²) in [7, 11) is 0. The van der Waals surface area contributed by atoms with E-state index in [-0.39, 0.29) is 23.1 Å². The van der Waals surface area contributed by atoms with Gasteiger partial charge in [-0.3, -0.25) is 4.79 Å². The minimum atomic E-state index is -0.306. The molecule has 0 aliphatic carbocycles. The smallest absolute Gasteiger partial charge is 0.270 e. The highest BCUT2D eigenvalue weighted by Gasteiger charge is 2.25. The zero-order chi connectivity index (χ0) is 17.2. The predicted octanol–water partition coefficient (Wildman–Crippen LogP) is 4.75. The van der Waals surface area contributed by atoms with E-state index in [0.29, 0.717) is 6.61 Å². The summed E-state index contributed by atoms with van der Waals surface area (Å²) < 4.78 is 5.61. The maximum Gasteiger partial charge on any atom is 0.270 e. The number of alkyl halides is 1. The monoisotopic (exact) mass is 387 g/mol. The lowest BCUT2D eigenvalue weighted by Gasteiger charge is -2.32. The molecular weight excluding hydrogens is 358 g/mol. The molecule has 1 amide bonds. The van der Waals surface area contributed by atoms with Gasteiger partial charge in [0.25, 0.3) is 5.91 Å². The average Bonchev–Trinajstić information content (AvgIpc) is 2.51. The van der Waals surface area contributed by atoms with E-state index in [1.54, 1.807) is 6.08 Å². The second kappa shape index (κ2) is 11.0. The van der Waals surface area contributed by atoms with Crippen LogP contribution in [0.15, 0.2) is 23.8 Å². The first-order chi connectivity index (χ1) is 10.9. The van der Waals surface area contributed by atoms with E-state index in [9.17, 15) is 4.79 Å². The van der Waals surface area contributed by atoms with Crippen molar-refractivity contribution in [2.24, 2.45) is 0 Å². The maximum atomic E-state index is 12.5. The zero-order valence-corrected chi connectivity index (χ0v) is 16.3. The molecule has 23 heavy (non-hydrogen) atoms. The topological polar surface area (TPSA) is 38.8 Å². The van der Waals surface area contributed by atoms with Gasteiger partial charge in [0.2, 0.25) is 0 Å². The highest BCUT2D eigenvalue weighted by atomic mass is 79.9. The molecule has 0 bridgehead atoms. The van der Waals surface area contributed by atoms with Crippen LogP contribution in [0.1, 0.15) is 59.8 Å². The molecule has 0 spiro atoms. The Balaban J connectivity index is 2.73. The van der Waals surface area contributed by atoms with Gasteiger partial charge in [-0.2, -0.15) is 0 Å². The molecule has 0 radical (unpaired) electrons. The number of hydrogen-bond acceptors (Lipinski definition) is 3. The first-order valence-corrected chi connectivity index (χ1v) is 9.47. The van der Waals surface area contributed by atoms with E-state index < -0.39 is 0 Å². The molecule has 5 heteroatoms. The van der Waals surface area contributed by atoms with Gasteiger partial charge >= 0.3 is 0 Å². The molecule has 1 aliphatic heterocycles. The lowest BCUT2D eigenvalue weighted by molar-refractivity contribution is -0.288. The van der Waals surface area contributed by atoms with Crippen molar-refractivity contribution >= 4 is 21.8 Å². The Labute approximate surface area is 149 Å². The fourth-order valence-electron chi connectivity index (χ4n) is 2.52. The van der Waals surface area contributed by atoms with Crippen LogP contribution in [0.3, 0.4) is 0 Å². The first kappa shape index (κ1) is 20.4. The summed E-state index contributed by atoms with van der Waals surface area (Å²) in [6, 6.07) is 0.0297. The number of rotatable bonds is 8. The van der Waals surface area contributed by atoms with Crippen LogP contribution >= 0.6 is 15.9 Å². The van der Waals surface area contributed by atoms with Gasteiger partial charge in [0.1, 0.15) is 0 Å². The fraction of sp³-hybridized carbons (Fsp3) is 0.722. The Kier molecular flexibility index (Phi) is 9.75. The van der Waals surface area contributed by atoms with Crippen LogP contribution in [0.2, 0.25) is 0 Å². The average molecular weight is 388 g/mol. The fourth-order valence-corrected chi connectivity index (χ4v) is 2.94. The molecule has 0 aromatic carbocycles. The second-order valence-electron chi connectivity index (χ2n) is 6.12. The van der Waals surface area contributed by atoms with Gasteiger partial charge in [-0.05, 0) is 40.0 Å². The van der Waals surface area contributed by atoms with Crippen molar-refractivity contribution in [3.8, 4) is 0 Å². The zero-order valence-electron chi connectivity index (χ0n) is 14.8. The summed E-state index contributed by atoms with van der Waals surface area (Å²) >= 11 is 3.47. The lowest BCUT2D eigenvalue weighted by atomic mass is 10.2. The Morgan fingerprint density at radius 1 is 1.39 bits per heavy atom. The molecule has 1 heterocycles. The SMILES string of the molecule is CCCC(C)N(OC1CCCCO1)C(=O)/C=C/C(C)=C/C(C)Br. The van der Waals surface area contributed by atoms with Crippen molar-refractivity contribution in [1.82, 2.24) is 5.06 Å². The molecule has 1 aliphatic rings. The molecule has 0 saturated carbocycles. The van der Waals surface area contributed by atoms with Crippen molar-refractivity contribution in [2.45, 2.75) is 77.0 Å². The third kappa shape index (κ3) is 8.13. The van der Waals surface area contributed by atoms with Crippen molar-refractivity contribution in [3.05, 3.63) is 23.8 Å². The molecule has 1 saturated heterocycles. The Morgan fingerprint density at radius 3 is 2.70 bits per heavy atom. The number of hydrogen-bond donors (Lipinski definition) is 0. The predicted molar refractivity (Wildman–Crippen MR) is 97.2 cm³/mol. The van der Waals surface area contributed by atoms with Crippen molar-refractivity contribution < 1.29 is 14.4 Å². The van der Waals surface area contributed by atoms with Crippen LogP contribution in [0.25, 0.3) is 0 Å². The van der Waals surface area contributed by atoms with Crippen LogP contribution in [0.4, 0.5) is 0 Å². The number of halogens is 1. The van der Waals surface area contributed by atoms with Gasteiger partial charge in [-0.15, -0.1) is 0 Å². The van der Waals surface area contributed by atoms with Gasteiger partial charge in [-0.25, -0.2) is 9.90 Å². The van der Waals surface area contributed by atoms with Gasteiger partial charge in [0, 0.05) is 23.9 Å². The summed E-state index contributed by atoms with van der Waals surface area (Å²) in [4.78, 5) is 18.7. The van der Waals surface area contributed by atoms with E-state index in [1.165, 1.54) is 5.06 Å². The Morgan fingerprint density at radius 2 is 2.13 bits per heavy atom. The Bertz CT molecular complexity index is 414. The third-order valence-electron chi connectivity index (χ3n) is 3.67. The normalized spacial score (nSPS) is 22.1. The summed E-state index contributed by atoms with van der Waals surface area (Å²) in [6.07, 6.45) is 10.0.